The fourth-order valence-corrected chi connectivity index (χ4v) is 1.84. The lowest BCUT2D eigenvalue weighted by atomic mass is 10.3. The molecule has 0 saturated carbocycles. The summed E-state index contributed by atoms with van der Waals surface area (Å²) in [6.45, 7) is 6.20. The van der Waals surface area contributed by atoms with Gasteiger partial charge in [-0.1, -0.05) is 6.08 Å². The molecule has 0 aliphatic carbocycles. The second-order valence-corrected chi connectivity index (χ2v) is 3.92. The first-order chi connectivity index (χ1) is 9.24. The average molecular weight is 265 g/mol. The van der Waals surface area contributed by atoms with Crippen LogP contribution in [-0.2, 0) is 4.74 Å². The lowest BCUT2D eigenvalue weighted by molar-refractivity contribution is -0.383. The van der Waals surface area contributed by atoms with Gasteiger partial charge in [0.1, 0.15) is 6.33 Å². The Labute approximate surface area is 110 Å². The Morgan fingerprint density at radius 3 is 2.89 bits per heavy atom. The van der Waals surface area contributed by atoms with Gasteiger partial charge in [-0.2, -0.15) is 0 Å². The van der Waals surface area contributed by atoms with Gasteiger partial charge in [0.25, 0.3) is 0 Å². The first kappa shape index (κ1) is 13.2. The molecule has 19 heavy (non-hydrogen) atoms. The standard InChI is InChI=1S/C11H15N5O3/c1-2-3-12-10-9(16(17)18)11(14-8-13-10)15-4-6-19-7-5-15/h2,8H,1,3-7H2,(H,12,13,14). The van der Waals surface area contributed by atoms with Crippen LogP contribution >= 0.6 is 0 Å². The number of nitrogens with one attached hydrogen (secondary N) is 1. The average Bonchev–Trinajstić information content (AvgIpc) is 2.45. The van der Waals surface area contributed by atoms with Crippen LogP contribution in [0.4, 0.5) is 17.3 Å². The van der Waals surface area contributed by atoms with Gasteiger partial charge in [0, 0.05) is 19.6 Å². The highest BCUT2D eigenvalue weighted by molar-refractivity contribution is 5.70. The van der Waals surface area contributed by atoms with E-state index in [-0.39, 0.29) is 11.5 Å². The van der Waals surface area contributed by atoms with E-state index in [0.717, 1.165) is 0 Å². The van der Waals surface area contributed by atoms with Crippen molar-refractivity contribution < 1.29 is 9.66 Å². The Bertz CT molecular complexity index is 473. The number of rotatable bonds is 5. The maximum Gasteiger partial charge on any atom is 0.353 e. The molecule has 0 atom stereocenters. The second-order valence-electron chi connectivity index (χ2n) is 3.92. The number of aromatic nitrogens is 2. The van der Waals surface area contributed by atoms with E-state index < -0.39 is 4.92 Å². The number of nitrogens with zero attached hydrogens (tertiary/aromatic N) is 4. The van der Waals surface area contributed by atoms with Crippen molar-refractivity contribution in [3.05, 3.63) is 29.1 Å². The maximum absolute atomic E-state index is 11.3. The highest BCUT2D eigenvalue weighted by Crippen LogP contribution is 2.31. The lowest BCUT2D eigenvalue weighted by Gasteiger charge is -2.27. The van der Waals surface area contributed by atoms with Crippen molar-refractivity contribution >= 4 is 17.3 Å². The van der Waals surface area contributed by atoms with E-state index in [4.69, 9.17) is 4.74 Å². The first-order valence-electron chi connectivity index (χ1n) is 5.91. The second kappa shape index (κ2) is 6.10. The summed E-state index contributed by atoms with van der Waals surface area (Å²) >= 11 is 0. The van der Waals surface area contributed by atoms with Gasteiger partial charge in [0.2, 0.25) is 11.6 Å². The molecule has 102 valence electrons. The SMILES string of the molecule is C=CCNc1ncnc(N2CCOCC2)c1[N+](=O)[O-]. The molecule has 0 spiro atoms. The summed E-state index contributed by atoms with van der Waals surface area (Å²) in [5.41, 5.74) is -0.105. The van der Waals surface area contributed by atoms with Crippen LogP contribution in [0.15, 0.2) is 19.0 Å². The van der Waals surface area contributed by atoms with E-state index in [2.05, 4.69) is 21.9 Å². The molecule has 0 radical (unpaired) electrons. The zero-order valence-electron chi connectivity index (χ0n) is 10.4. The summed E-state index contributed by atoms with van der Waals surface area (Å²) < 4.78 is 5.23. The highest BCUT2D eigenvalue weighted by Gasteiger charge is 2.27. The van der Waals surface area contributed by atoms with Gasteiger partial charge in [-0.05, 0) is 0 Å². The molecular weight excluding hydrogens is 250 g/mol. The normalized spacial score (nSPS) is 15.1. The van der Waals surface area contributed by atoms with Gasteiger partial charge in [-0.15, -0.1) is 6.58 Å². The van der Waals surface area contributed by atoms with Crippen LogP contribution in [0.5, 0.6) is 0 Å². The summed E-state index contributed by atoms with van der Waals surface area (Å²) in [5, 5.41) is 14.1. The fraction of sp³-hybridized carbons (Fsp3) is 0.455. The van der Waals surface area contributed by atoms with Crippen LogP contribution in [0, 0.1) is 10.1 Å². The van der Waals surface area contributed by atoms with Gasteiger partial charge in [-0.25, -0.2) is 9.97 Å². The molecule has 2 heterocycles. The minimum atomic E-state index is -0.462. The Kier molecular flexibility index (Phi) is 4.24. The van der Waals surface area contributed by atoms with Crippen LogP contribution in [0.1, 0.15) is 0 Å². The molecular formula is C11H15N5O3. The molecule has 2 rings (SSSR count). The van der Waals surface area contributed by atoms with E-state index >= 15 is 0 Å². The summed E-state index contributed by atoms with van der Waals surface area (Å²) in [6.07, 6.45) is 2.93. The van der Waals surface area contributed by atoms with E-state index in [0.29, 0.717) is 38.7 Å². The molecule has 1 fully saturated rings. The van der Waals surface area contributed by atoms with Crippen LogP contribution in [0.2, 0.25) is 0 Å². The Morgan fingerprint density at radius 2 is 2.26 bits per heavy atom. The van der Waals surface area contributed by atoms with Crippen molar-refractivity contribution in [3.8, 4) is 0 Å². The third kappa shape index (κ3) is 2.97. The summed E-state index contributed by atoms with van der Waals surface area (Å²) in [6, 6.07) is 0. The minimum Gasteiger partial charge on any atom is -0.378 e. The van der Waals surface area contributed by atoms with Gasteiger partial charge in [0.05, 0.1) is 18.1 Å². The fourth-order valence-electron chi connectivity index (χ4n) is 1.84. The molecule has 1 aromatic heterocycles. The van der Waals surface area contributed by atoms with E-state index in [1.807, 2.05) is 4.90 Å². The summed E-state index contributed by atoms with van der Waals surface area (Å²) in [5.74, 6) is 0.538. The van der Waals surface area contributed by atoms with Crippen molar-refractivity contribution in [2.24, 2.45) is 0 Å². The molecule has 1 aliphatic rings. The Hall–Kier alpha value is -2.22. The summed E-state index contributed by atoms with van der Waals surface area (Å²) in [4.78, 5) is 20.6. The lowest BCUT2D eigenvalue weighted by Crippen LogP contribution is -2.37. The zero-order chi connectivity index (χ0) is 13.7. The smallest absolute Gasteiger partial charge is 0.353 e. The Morgan fingerprint density at radius 1 is 1.53 bits per heavy atom. The van der Waals surface area contributed by atoms with Crippen LogP contribution in [0.3, 0.4) is 0 Å². The van der Waals surface area contributed by atoms with Crippen LogP contribution < -0.4 is 10.2 Å². The van der Waals surface area contributed by atoms with Crippen molar-refractivity contribution in [1.29, 1.82) is 0 Å². The predicted octanol–water partition coefficient (Wildman–Crippen LogP) is 0.819. The van der Waals surface area contributed by atoms with Gasteiger partial charge < -0.3 is 15.0 Å². The number of hydrogen-bond donors (Lipinski definition) is 1. The van der Waals surface area contributed by atoms with Gasteiger partial charge in [0.15, 0.2) is 0 Å². The number of anilines is 2. The molecule has 1 aromatic rings. The number of hydrogen-bond acceptors (Lipinski definition) is 7. The van der Waals surface area contributed by atoms with E-state index in [1.165, 1.54) is 6.33 Å². The molecule has 1 aliphatic heterocycles. The van der Waals surface area contributed by atoms with Crippen molar-refractivity contribution in [3.63, 3.8) is 0 Å². The Balaban J connectivity index is 2.35. The van der Waals surface area contributed by atoms with Crippen LogP contribution in [-0.4, -0.2) is 47.7 Å². The largest absolute Gasteiger partial charge is 0.378 e. The molecule has 0 unspecified atom stereocenters. The summed E-state index contributed by atoms with van der Waals surface area (Å²) in [7, 11) is 0. The molecule has 1 saturated heterocycles. The van der Waals surface area contributed by atoms with E-state index in [1.54, 1.807) is 6.08 Å². The molecule has 8 nitrogen and oxygen atoms in total. The molecule has 0 bridgehead atoms. The zero-order valence-corrected chi connectivity index (χ0v) is 10.4. The van der Waals surface area contributed by atoms with Crippen molar-refractivity contribution in [2.45, 2.75) is 0 Å². The first-order valence-corrected chi connectivity index (χ1v) is 5.91. The monoisotopic (exact) mass is 265 g/mol. The predicted molar refractivity (Wildman–Crippen MR) is 70.4 cm³/mol. The highest BCUT2D eigenvalue weighted by atomic mass is 16.6. The van der Waals surface area contributed by atoms with E-state index in [9.17, 15) is 10.1 Å². The van der Waals surface area contributed by atoms with Gasteiger partial charge in [-0.3, -0.25) is 10.1 Å². The number of nitro groups is 1. The number of morpholine rings is 1. The maximum atomic E-state index is 11.3. The third-order valence-corrected chi connectivity index (χ3v) is 2.71. The molecule has 0 amide bonds. The third-order valence-electron chi connectivity index (χ3n) is 2.71. The number of ether oxygens (including phenoxy) is 1. The minimum absolute atomic E-state index is 0.105. The van der Waals surface area contributed by atoms with Crippen LogP contribution in [0.25, 0.3) is 0 Å². The van der Waals surface area contributed by atoms with Gasteiger partial charge >= 0.3 is 5.69 Å². The molecule has 0 aromatic carbocycles. The molecule has 8 heteroatoms. The van der Waals surface area contributed by atoms with Crippen molar-refractivity contribution in [2.75, 3.05) is 43.1 Å². The van der Waals surface area contributed by atoms with Crippen molar-refractivity contribution in [1.82, 2.24) is 9.97 Å². The quantitative estimate of drug-likeness (QED) is 0.478. The topological polar surface area (TPSA) is 93.4 Å². The molecule has 1 N–H and O–H groups in total.